The Morgan fingerprint density at radius 2 is 1.50 bits per heavy atom. The molecule has 0 aliphatic carbocycles. The van der Waals surface area contributed by atoms with Crippen molar-refractivity contribution < 1.29 is 4.79 Å². The van der Waals surface area contributed by atoms with Crippen LogP contribution in [0.3, 0.4) is 0 Å². The second-order valence-electron chi connectivity index (χ2n) is 5.83. The van der Waals surface area contributed by atoms with Gasteiger partial charge >= 0.3 is 0 Å². The molecule has 0 saturated heterocycles. The van der Waals surface area contributed by atoms with E-state index in [9.17, 15) is 4.79 Å². The third kappa shape index (κ3) is 4.51. The summed E-state index contributed by atoms with van der Waals surface area (Å²) in [5.74, 6) is 0.300. The van der Waals surface area contributed by atoms with E-state index in [-0.39, 0.29) is 5.91 Å². The summed E-state index contributed by atoms with van der Waals surface area (Å²) in [5.41, 5.74) is 3.08. The average Bonchev–Trinajstić information content (AvgIpc) is 2.68. The smallest absolute Gasteiger partial charge is 0.256 e. The van der Waals surface area contributed by atoms with Gasteiger partial charge in [0.25, 0.3) is 5.91 Å². The van der Waals surface area contributed by atoms with Crippen molar-refractivity contribution in [2.24, 2.45) is 10.2 Å². The first-order valence-corrected chi connectivity index (χ1v) is 8.13. The zero-order chi connectivity index (χ0) is 18.4. The summed E-state index contributed by atoms with van der Waals surface area (Å²) < 4.78 is 0. The summed E-state index contributed by atoms with van der Waals surface area (Å²) in [6.45, 7) is 0. The average molecular weight is 345 g/mol. The van der Waals surface area contributed by atoms with Gasteiger partial charge < -0.3 is 10.2 Å². The molecule has 2 aromatic carbocycles. The summed E-state index contributed by atoms with van der Waals surface area (Å²) in [6.07, 6.45) is 1.63. The number of amides is 1. The first kappa shape index (κ1) is 17.3. The molecule has 26 heavy (non-hydrogen) atoms. The number of hydrogen-bond donors (Lipinski definition) is 1. The lowest BCUT2D eigenvalue weighted by atomic mass is 10.2. The van der Waals surface area contributed by atoms with Crippen molar-refractivity contribution in [3.8, 4) is 0 Å². The van der Waals surface area contributed by atoms with Crippen molar-refractivity contribution in [2.75, 3.05) is 24.3 Å². The summed E-state index contributed by atoms with van der Waals surface area (Å²) in [4.78, 5) is 18.3. The number of nitrogens with one attached hydrogen (secondary N) is 1. The van der Waals surface area contributed by atoms with Gasteiger partial charge in [-0.1, -0.05) is 6.07 Å². The second-order valence-corrected chi connectivity index (χ2v) is 5.83. The van der Waals surface area contributed by atoms with Crippen LogP contribution >= 0.6 is 0 Å². The quantitative estimate of drug-likeness (QED) is 0.674. The highest BCUT2D eigenvalue weighted by Crippen LogP contribution is 2.21. The summed E-state index contributed by atoms with van der Waals surface area (Å²) in [5, 5.41) is 11.2. The van der Waals surface area contributed by atoms with Crippen LogP contribution in [-0.2, 0) is 0 Å². The molecule has 0 aliphatic heterocycles. The molecule has 6 nitrogen and oxygen atoms in total. The van der Waals surface area contributed by atoms with Gasteiger partial charge in [-0.15, -0.1) is 0 Å². The normalized spacial score (nSPS) is 10.7. The molecule has 1 amide bonds. The largest absolute Gasteiger partial charge is 0.378 e. The Morgan fingerprint density at radius 3 is 2.04 bits per heavy atom. The van der Waals surface area contributed by atoms with E-state index < -0.39 is 0 Å². The molecule has 1 N–H and O–H groups in total. The fraction of sp³-hybridized carbons (Fsp3) is 0.100. The lowest BCUT2D eigenvalue weighted by Gasteiger charge is -2.11. The predicted octanol–water partition coefficient (Wildman–Crippen LogP) is 4.82. The summed E-state index contributed by atoms with van der Waals surface area (Å²) in [7, 11) is 3.98. The van der Waals surface area contributed by atoms with Crippen molar-refractivity contribution in [3.05, 3.63) is 78.5 Å². The Kier molecular flexibility index (Phi) is 5.34. The van der Waals surface area contributed by atoms with Crippen molar-refractivity contribution in [2.45, 2.75) is 0 Å². The van der Waals surface area contributed by atoms with Gasteiger partial charge in [-0.3, -0.25) is 4.79 Å². The van der Waals surface area contributed by atoms with Gasteiger partial charge in [0, 0.05) is 31.5 Å². The zero-order valence-electron chi connectivity index (χ0n) is 14.6. The minimum atomic E-state index is -0.216. The van der Waals surface area contributed by atoms with Gasteiger partial charge in [-0.2, -0.15) is 10.2 Å². The Bertz CT molecular complexity index is 888. The SMILES string of the molecule is CN(C)c1ccc(N=Nc2ccc(C(=O)Nc3ccccn3)cc2)cc1. The van der Waals surface area contributed by atoms with E-state index >= 15 is 0 Å². The molecule has 6 heteroatoms. The topological polar surface area (TPSA) is 70.0 Å². The molecular weight excluding hydrogens is 326 g/mol. The van der Waals surface area contributed by atoms with Crippen LogP contribution in [0.25, 0.3) is 0 Å². The van der Waals surface area contributed by atoms with Gasteiger partial charge in [0.15, 0.2) is 0 Å². The number of carbonyl (C=O) groups is 1. The molecule has 0 unspecified atom stereocenters. The number of anilines is 2. The number of aromatic nitrogens is 1. The number of benzene rings is 2. The highest BCUT2D eigenvalue weighted by Gasteiger charge is 2.06. The highest BCUT2D eigenvalue weighted by atomic mass is 16.1. The molecule has 0 saturated carbocycles. The van der Waals surface area contributed by atoms with Crippen molar-refractivity contribution in [1.82, 2.24) is 4.98 Å². The Balaban J connectivity index is 1.64. The van der Waals surface area contributed by atoms with E-state index in [4.69, 9.17) is 0 Å². The van der Waals surface area contributed by atoms with Gasteiger partial charge in [-0.25, -0.2) is 4.98 Å². The fourth-order valence-electron chi connectivity index (χ4n) is 2.24. The minimum Gasteiger partial charge on any atom is -0.378 e. The number of azo groups is 1. The predicted molar refractivity (Wildman–Crippen MR) is 104 cm³/mol. The van der Waals surface area contributed by atoms with Crippen LogP contribution in [0.1, 0.15) is 10.4 Å². The van der Waals surface area contributed by atoms with Crippen LogP contribution < -0.4 is 10.2 Å². The summed E-state index contributed by atoms with van der Waals surface area (Å²) in [6, 6.07) is 20.1. The number of rotatable bonds is 5. The maximum Gasteiger partial charge on any atom is 0.256 e. The Labute approximate surface area is 152 Å². The van der Waals surface area contributed by atoms with Crippen molar-refractivity contribution >= 4 is 28.8 Å². The minimum absolute atomic E-state index is 0.216. The maximum atomic E-state index is 12.2. The van der Waals surface area contributed by atoms with Crippen LogP contribution in [0, 0.1) is 0 Å². The standard InChI is InChI=1S/C20H19N5O/c1-25(2)18-12-10-17(11-13-18)24-23-16-8-6-15(7-9-16)20(26)22-19-5-3-4-14-21-19/h3-14H,1-2H3,(H,21,22,26). The zero-order valence-corrected chi connectivity index (χ0v) is 14.6. The van der Waals surface area contributed by atoms with E-state index in [1.807, 2.05) is 49.3 Å². The molecular formula is C20H19N5O. The van der Waals surface area contributed by atoms with E-state index in [0.29, 0.717) is 17.1 Å². The fourth-order valence-corrected chi connectivity index (χ4v) is 2.24. The second kappa shape index (κ2) is 8.02. The monoisotopic (exact) mass is 345 g/mol. The molecule has 3 rings (SSSR count). The first-order chi connectivity index (χ1) is 12.6. The number of carbonyl (C=O) groups excluding carboxylic acids is 1. The van der Waals surface area contributed by atoms with Crippen LogP contribution in [0.5, 0.6) is 0 Å². The molecule has 0 aliphatic rings. The van der Waals surface area contributed by atoms with E-state index in [1.54, 1.807) is 42.6 Å². The van der Waals surface area contributed by atoms with Crippen molar-refractivity contribution in [1.29, 1.82) is 0 Å². The molecule has 3 aromatic rings. The highest BCUT2D eigenvalue weighted by molar-refractivity contribution is 6.03. The van der Waals surface area contributed by atoms with Crippen LogP contribution in [0.4, 0.5) is 22.9 Å². The van der Waals surface area contributed by atoms with Crippen LogP contribution in [0.2, 0.25) is 0 Å². The lowest BCUT2D eigenvalue weighted by Crippen LogP contribution is -2.12. The Morgan fingerprint density at radius 1 is 0.885 bits per heavy atom. The molecule has 1 heterocycles. The third-order valence-corrected chi connectivity index (χ3v) is 3.68. The molecule has 0 spiro atoms. The molecule has 1 aromatic heterocycles. The third-order valence-electron chi connectivity index (χ3n) is 3.68. The van der Waals surface area contributed by atoms with Gasteiger partial charge in [0.2, 0.25) is 0 Å². The molecule has 0 fully saturated rings. The summed E-state index contributed by atoms with van der Waals surface area (Å²) >= 11 is 0. The molecule has 130 valence electrons. The van der Waals surface area contributed by atoms with E-state index in [0.717, 1.165) is 11.4 Å². The van der Waals surface area contributed by atoms with Crippen molar-refractivity contribution in [3.63, 3.8) is 0 Å². The number of pyridine rings is 1. The van der Waals surface area contributed by atoms with E-state index in [2.05, 4.69) is 20.5 Å². The lowest BCUT2D eigenvalue weighted by molar-refractivity contribution is 0.102. The molecule has 0 atom stereocenters. The van der Waals surface area contributed by atoms with E-state index in [1.165, 1.54) is 0 Å². The maximum absolute atomic E-state index is 12.2. The van der Waals surface area contributed by atoms with Gasteiger partial charge in [-0.05, 0) is 60.7 Å². The van der Waals surface area contributed by atoms with Crippen LogP contribution in [-0.4, -0.2) is 25.0 Å². The number of nitrogens with zero attached hydrogens (tertiary/aromatic N) is 4. The molecule has 0 bridgehead atoms. The van der Waals surface area contributed by atoms with Gasteiger partial charge in [0.1, 0.15) is 5.82 Å². The molecule has 0 radical (unpaired) electrons. The first-order valence-electron chi connectivity index (χ1n) is 8.13. The van der Waals surface area contributed by atoms with Crippen LogP contribution in [0.15, 0.2) is 83.2 Å². The number of hydrogen-bond acceptors (Lipinski definition) is 5. The van der Waals surface area contributed by atoms with Gasteiger partial charge in [0.05, 0.1) is 11.4 Å². The Hall–Kier alpha value is -3.54.